The van der Waals surface area contributed by atoms with E-state index >= 15 is 0 Å². The average molecular weight is 315 g/mol. The lowest BCUT2D eigenvalue weighted by Gasteiger charge is -2.10. The first-order valence-electron chi connectivity index (χ1n) is 5.34. The molecule has 0 saturated heterocycles. The standard InChI is InChI=1S/C12H13BrClN3/c1-2-17-7-9(6-16-17)12(15)8-3-10(13)5-11(14)4-8/h3-7,12H,2,15H2,1H3. The van der Waals surface area contributed by atoms with Gasteiger partial charge in [0.15, 0.2) is 0 Å². The summed E-state index contributed by atoms with van der Waals surface area (Å²) in [6.45, 7) is 2.88. The van der Waals surface area contributed by atoms with E-state index in [1.807, 2.05) is 36.0 Å². The fourth-order valence-electron chi connectivity index (χ4n) is 1.66. The predicted octanol–water partition coefficient (Wildman–Crippen LogP) is 3.37. The monoisotopic (exact) mass is 313 g/mol. The van der Waals surface area contributed by atoms with Crippen LogP contribution in [0.3, 0.4) is 0 Å². The summed E-state index contributed by atoms with van der Waals surface area (Å²) >= 11 is 9.42. The molecule has 0 aliphatic heterocycles. The fourth-order valence-corrected chi connectivity index (χ4v) is 2.55. The van der Waals surface area contributed by atoms with Crippen LogP contribution >= 0.6 is 27.5 Å². The van der Waals surface area contributed by atoms with Crippen LogP contribution in [0.1, 0.15) is 24.1 Å². The molecule has 0 aliphatic carbocycles. The highest BCUT2D eigenvalue weighted by molar-refractivity contribution is 9.10. The first-order chi connectivity index (χ1) is 8.10. The van der Waals surface area contributed by atoms with Crippen molar-refractivity contribution in [3.8, 4) is 0 Å². The van der Waals surface area contributed by atoms with Gasteiger partial charge in [-0.05, 0) is 30.7 Å². The van der Waals surface area contributed by atoms with Crippen molar-refractivity contribution < 1.29 is 0 Å². The summed E-state index contributed by atoms with van der Waals surface area (Å²) in [5.41, 5.74) is 8.15. The van der Waals surface area contributed by atoms with Crippen LogP contribution in [0.5, 0.6) is 0 Å². The maximum atomic E-state index is 6.19. The topological polar surface area (TPSA) is 43.8 Å². The van der Waals surface area contributed by atoms with Crippen molar-refractivity contribution in [3.63, 3.8) is 0 Å². The number of aryl methyl sites for hydroxylation is 1. The summed E-state index contributed by atoms with van der Waals surface area (Å²) < 4.78 is 2.78. The SMILES string of the molecule is CCn1cc(C(N)c2cc(Cl)cc(Br)c2)cn1. The Morgan fingerprint density at radius 1 is 1.41 bits per heavy atom. The highest BCUT2D eigenvalue weighted by Gasteiger charge is 2.12. The van der Waals surface area contributed by atoms with Crippen LogP contribution in [0.2, 0.25) is 5.02 Å². The van der Waals surface area contributed by atoms with E-state index in [1.54, 1.807) is 6.20 Å². The minimum atomic E-state index is -0.203. The quantitative estimate of drug-likeness (QED) is 0.944. The van der Waals surface area contributed by atoms with Crippen LogP contribution in [0, 0.1) is 0 Å². The molecule has 17 heavy (non-hydrogen) atoms. The maximum Gasteiger partial charge on any atom is 0.0583 e. The van der Waals surface area contributed by atoms with Crippen LogP contribution in [-0.4, -0.2) is 9.78 Å². The Labute approximate surface area is 114 Å². The Balaban J connectivity index is 2.32. The van der Waals surface area contributed by atoms with Gasteiger partial charge in [-0.2, -0.15) is 5.10 Å². The third kappa shape index (κ3) is 2.89. The number of benzene rings is 1. The molecular weight excluding hydrogens is 302 g/mol. The van der Waals surface area contributed by atoms with E-state index in [0.29, 0.717) is 5.02 Å². The van der Waals surface area contributed by atoms with Gasteiger partial charge in [0.1, 0.15) is 0 Å². The Bertz CT molecular complexity index is 504. The van der Waals surface area contributed by atoms with Gasteiger partial charge in [-0.1, -0.05) is 27.5 Å². The number of halogens is 2. The first-order valence-corrected chi connectivity index (χ1v) is 6.51. The first kappa shape index (κ1) is 12.6. The van der Waals surface area contributed by atoms with Crippen molar-refractivity contribution in [1.82, 2.24) is 9.78 Å². The Kier molecular flexibility index (Phi) is 3.86. The fraction of sp³-hybridized carbons (Fsp3) is 0.250. The summed E-state index contributed by atoms with van der Waals surface area (Å²) in [6.07, 6.45) is 3.75. The molecule has 1 atom stereocenters. The molecule has 1 heterocycles. The lowest BCUT2D eigenvalue weighted by Crippen LogP contribution is -2.11. The van der Waals surface area contributed by atoms with Gasteiger partial charge in [-0.3, -0.25) is 4.68 Å². The van der Waals surface area contributed by atoms with Gasteiger partial charge >= 0.3 is 0 Å². The van der Waals surface area contributed by atoms with Gasteiger partial charge in [-0.15, -0.1) is 0 Å². The zero-order valence-corrected chi connectivity index (χ0v) is 11.7. The minimum Gasteiger partial charge on any atom is -0.320 e. The molecule has 1 aromatic heterocycles. The molecule has 0 aliphatic rings. The van der Waals surface area contributed by atoms with Gasteiger partial charge in [0.2, 0.25) is 0 Å². The predicted molar refractivity (Wildman–Crippen MR) is 73.1 cm³/mol. The van der Waals surface area contributed by atoms with Crippen LogP contribution in [-0.2, 0) is 6.54 Å². The van der Waals surface area contributed by atoms with E-state index < -0.39 is 0 Å². The Hall–Kier alpha value is -0.840. The number of hydrogen-bond donors (Lipinski definition) is 1. The molecule has 0 spiro atoms. The lowest BCUT2D eigenvalue weighted by atomic mass is 10.0. The molecule has 0 amide bonds. The third-order valence-corrected chi connectivity index (χ3v) is 3.26. The third-order valence-electron chi connectivity index (χ3n) is 2.58. The molecule has 0 bridgehead atoms. The van der Waals surface area contributed by atoms with E-state index in [-0.39, 0.29) is 6.04 Å². The lowest BCUT2D eigenvalue weighted by molar-refractivity contribution is 0.658. The highest BCUT2D eigenvalue weighted by Crippen LogP contribution is 2.26. The number of rotatable bonds is 3. The Morgan fingerprint density at radius 2 is 2.18 bits per heavy atom. The molecule has 90 valence electrons. The highest BCUT2D eigenvalue weighted by atomic mass is 79.9. The molecule has 0 radical (unpaired) electrons. The number of nitrogens with zero attached hydrogens (tertiary/aromatic N) is 2. The van der Waals surface area contributed by atoms with Crippen LogP contribution in [0.15, 0.2) is 35.1 Å². The molecule has 0 fully saturated rings. The summed E-state index contributed by atoms with van der Waals surface area (Å²) in [5, 5.41) is 4.89. The molecule has 1 unspecified atom stereocenters. The maximum absolute atomic E-state index is 6.19. The van der Waals surface area contributed by atoms with Crippen molar-refractivity contribution >= 4 is 27.5 Å². The van der Waals surface area contributed by atoms with Crippen LogP contribution in [0.25, 0.3) is 0 Å². The summed E-state index contributed by atoms with van der Waals surface area (Å²) in [5.74, 6) is 0. The van der Waals surface area contributed by atoms with Crippen molar-refractivity contribution in [2.75, 3.05) is 0 Å². The molecule has 2 rings (SSSR count). The van der Waals surface area contributed by atoms with Crippen LogP contribution in [0.4, 0.5) is 0 Å². The average Bonchev–Trinajstić information content (AvgIpc) is 2.75. The second-order valence-electron chi connectivity index (χ2n) is 3.81. The van der Waals surface area contributed by atoms with Gasteiger partial charge in [-0.25, -0.2) is 0 Å². The molecule has 0 saturated carbocycles. The van der Waals surface area contributed by atoms with E-state index in [9.17, 15) is 0 Å². The van der Waals surface area contributed by atoms with Crippen molar-refractivity contribution in [2.24, 2.45) is 5.73 Å². The van der Waals surface area contributed by atoms with Crippen molar-refractivity contribution in [3.05, 3.63) is 51.2 Å². The molecule has 2 aromatic rings. The summed E-state index contributed by atoms with van der Waals surface area (Å²) in [6, 6.07) is 5.48. The number of nitrogens with two attached hydrogens (primary N) is 1. The van der Waals surface area contributed by atoms with E-state index in [2.05, 4.69) is 21.0 Å². The normalized spacial score (nSPS) is 12.7. The zero-order chi connectivity index (χ0) is 12.4. The number of hydrogen-bond acceptors (Lipinski definition) is 2. The van der Waals surface area contributed by atoms with Crippen LogP contribution < -0.4 is 5.73 Å². The molecule has 2 N–H and O–H groups in total. The minimum absolute atomic E-state index is 0.203. The largest absolute Gasteiger partial charge is 0.320 e. The summed E-state index contributed by atoms with van der Waals surface area (Å²) in [4.78, 5) is 0. The summed E-state index contributed by atoms with van der Waals surface area (Å²) in [7, 11) is 0. The van der Waals surface area contributed by atoms with Gasteiger partial charge in [0.25, 0.3) is 0 Å². The van der Waals surface area contributed by atoms with Gasteiger partial charge in [0.05, 0.1) is 12.2 Å². The van der Waals surface area contributed by atoms with Crippen molar-refractivity contribution in [1.29, 1.82) is 0 Å². The van der Waals surface area contributed by atoms with E-state index in [1.165, 1.54) is 0 Å². The molecule has 5 heteroatoms. The second kappa shape index (κ2) is 5.21. The van der Waals surface area contributed by atoms with E-state index in [0.717, 1.165) is 22.1 Å². The van der Waals surface area contributed by atoms with E-state index in [4.69, 9.17) is 17.3 Å². The second-order valence-corrected chi connectivity index (χ2v) is 5.16. The van der Waals surface area contributed by atoms with Crippen molar-refractivity contribution in [2.45, 2.75) is 19.5 Å². The Morgan fingerprint density at radius 3 is 2.76 bits per heavy atom. The molecule has 3 nitrogen and oxygen atoms in total. The smallest absolute Gasteiger partial charge is 0.0583 e. The van der Waals surface area contributed by atoms with Gasteiger partial charge < -0.3 is 5.73 Å². The molecular formula is C12H13BrClN3. The van der Waals surface area contributed by atoms with Gasteiger partial charge in [0, 0.05) is 27.8 Å². The zero-order valence-electron chi connectivity index (χ0n) is 9.40. The number of aromatic nitrogens is 2. The molecule has 1 aromatic carbocycles.